The van der Waals surface area contributed by atoms with Gasteiger partial charge in [-0.1, -0.05) is 11.6 Å². The first-order chi connectivity index (χ1) is 17.6. The first-order valence-electron chi connectivity index (χ1n) is 12.2. The van der Waals surface area contributed by atoms with Crippen molar-refractivity contribution in [1.82, 2.24) is 25.4 Å². The summed E-state index contributed by atoms with van der Waals surface area (Å²) in [5, 5.41) is 9.18. The second kappa shape index (κ2) is 11.6. The third-order valence-electron chi connectivity index (χ3n) is 6.70. The number of benzene rings is 1. The van der Waals surface area contributed by atoms with Crippen molar-refractivity contribution in [2.75, 3.05) is 33.0 Å². The summed E-state index contributed by atoms with van der Waals surface area (Å²) in [6.45, 7) is 1.64. The van der Waals surface area contributed by atoms with E-state index in [1.807, 2.05) is 7.05 Å². The summed E-state index contributed by atoms with van der Waals surface area (Å²) in [5.74, 6) is -2.30. The zero-order valence-electron chi connectivity index (χ0n) is 21.0. The monoisotopic (exact) mass is 546 g/mol. The van der Waals surface area contributed by atoms with Crippen LogP contribution in [0.1, 0.15) is 39.6 Å². The highest BCUT2D eigenvalue weighted by Gasteiger charge is 2.37. The first kappa shape index (κ1) is 27.0. The van der Waals surface area contributed by atoms with Crippen molar-refractivity contribution < 1.29 is 19.2 Å². The minimum atomic E-state index is -0.824. The summed E-state index contributed by atoms with van der Waals surface area (Å²) in [4.78, 5) is 60.4. The van der Waals surface area contributed by atoms with E-state index in [0.717, 1.165) is 30.1 Å². The molecule has 1 fully saturated rings. The van der Waals surface area contributed by atoms with Crippen LogP contribution >= 0.6 is 22.9 Å². The number of fused-ring (bicyclic) bond motifs is 1. The lowest BCUT2D eigenvalue weighted by Crippen LogP contribution is -2.57. The number of nitrogens with zero attached hydrogens (tertiary/aromatic N) is 3. The Hall–Kier alpha value is -3.02. The van der Waals surface area contributed by atoms with E-state index in [4.69, 9.17) is 11.6 Å². The van der Waals surface area contributed by atoms with Crippen LogP contribution in [0.25, 0.3) is 0 Å². The Kier molecular flexibility index (Phi) is 8.46. The highest BCUT2D eigenvalue weighted by atomic mass is 35.5. The lowest BCUT2D eigenvalue weighted by atomic mass is 9.81. The molecule has 0 radical (unpaired) electrons. The molecular formula is C25H31ClN6O4S. The lowest BCUT2D eigenvalue weighted by molar-refractivity contribution is -0.137. The molecule has 1 saturated carbocycles. The molecule has 0 bridgehead atoms. The molecule has 3 N–H and O–H groups in total. The van der Waals surface area contributed by atoms with E-state index < -0.39 is 23.9 Å². The standard InChI is InChI=1S/C25H31ClN6O4S/c1-31(2)25(36)14-4-9-17(28-22(34)21(33)27-16-7-5-15(26)6-8-16)19(12-14)29-23(35)24-30-18-10-11-32(3)13-20(18)37-24/h5-8,14,17,19H,4,9-13H2,1-3H3,(H,27,33)(H,28,34)(H,29,35)/t14-,17-,19+/m0/s1. The van der Waals surface area contributed by atoms with E-state index >= 15 is 0 Å². The number of anilines is 1. The van der Waals surface area contributed by atoms with Crippen LogP contribution in [0.4, 0.5) is 5.69 Å². The Morgan fingerprint density at radius 2 is 1.78 bits per heavy atom. The van der Waals surface area contributed by atoms with E-state index in [0.29, 0.717) is 35.0 Å². The molecule has 1 aliphatic carbocycles. The zero-order valence-corrected chi connectivity index (χ0v) is 22.6. The molecule has 0 spiro atoms. The largest absolute Gasteiger partial charge is 0.349 e. The predicted octanol–water partition coefficient (Wildman–Crippen LogP) is 1.89. The van der Waals surface area contributed by atoms with Crippen molar-refractivity contribution in [2.24, 2.45) is 5.92 Å². The Bertz CT molecular complexity index is 1180. The fraction of sp³-hybridized carbons (Fsp3) is 0.480. The van der Waals surface area contributed by atoms with E-state index in [2.05, 4.69) is 25.8 Å². The van der Waals surface area contributed by atoms with Gasteiger partial charge in [-0.3, -0.25) is 19.2 Å². The van der Waals surface area contributed by atoms with Gasteiger partial charge in [0.25, 0.3) is 5.91 Å². The third kappa shape index (κ3) is 6.65. The molecule has 0 unspecified atom stereocenters. The highest BCUT2D eigenvalue weighted by molar-refractivity contribution is 7.13. The Morgan fingerprint density at radius 1 is 1.05 bits per heavy atom. The van der Waals surface area contributed by atoms with Gasteiger partial charge in [0.05, 0.1) is 11.7 Å². The molecule has 4 rings (SSSR count). The number of nitrogens with one attached hydrogen (secondary N) is 3. The normalized spacial score (nSPS) is 21.5. The first-order valence-corrected chi connectivity index (χ1v) is 13.4. The number of amides is 4. The van der Waals surface area contributed by atoms with Crippen molar-refractivity contribution in [2.45, 2.75) is 44.3 Å². The molecule has 37 heavy (non-hydrogen) atoms. The van der Waals surface area contributed by atoms with Crippen LogP contribution < -0.4 is 16.0 Å². The Labute approximate surface area is 224 Å². The van der Waals surface area contributed by atoms with Gasteiger partial charge in [-0.25, -0.2) is 4.98 Å². The molecule has 10 nitrogen and oxygen atoms in total. The van der Waals surface area contributed by atoms with Crippen LogP contribution in [-0.2, 0) is 27.3 Å². The van der Waals surface area contributed by atoms with Gasteiger partial charge < -0.3 is 25.8 Å². The lowest BCUT2D eigenvalue weighted by Gasteiger charge is -2.37. The third-order valence-corrected chi connectivity index (χ3v) is 8.03. The molecule has 1 aromatic carbocycles. The predicted molar refractivity (Wildman–Crippen MR) is 141 cm³/mol. The number of halogens is 1. The van der Waals surface area contributed by atoms with Gasteiger partial charge in [0.2, 0.25) is 5.91 Å². The van der Waals surface area contributed by atoms with Gasteiger partial charge in [-0.2, -0.15) is 0 Å². The average Bonchev–Trinajstić information content (AvgIpc) is 3.29. The van der Waals surface area contributed by atoms with Crippen LogP contribution in [0.5, 0.6) is 0 Å². The van der Waals surface area contributed by atoms with Crippen LogP contribution in [0.3, 0.4) is 0 Å². The molecule has 4 amide bonds. The number of hydrogen-bond acceptors (Lipinski definition) is 7. The minimum Gasteiger partial charge on any atom is -0.349 e. The Balaban J connectivity index is 1.45. The number of carbonyl (C=O) groups excluding carboxylic acids is 4. The minimum absolute atomic E-state index is 0.0303. The van der Waals surface area contributed by atoms with Crippen molar-refractivity contribution in [3.05, 3.63) is 44.9 Å². The van der Waals surface area contributed by atoms with Crippen molar-refractivity contribution in [3.63, 3.8) is 0 Å². The molecule has 3 atom stereocenters. The molecule has 2 aromatic rings. The summed E-state index contributed by atoms with van der Waals surface area (Å²) < 4.78 is 0. The second-order valence-corrected chi connectivity index (χ2v) is 11.3. The van der Waals surface area contributed by atoms with E-state index in [9.17, 15) is 19.2 Å². The fourth-order valence-corrected chi connectivity index (χ4v) is 5.92. The fourth-order valence-electron chi connectivity index (χ4n) is 4.70. The number of carbonyl (C=O) groups is 4. The molecule has 198 valence electrons. The van der Waals surface area contributed by atoms with E-state index in [-0.39, 0.29) is 17.7 Å². The van der Waals surface area contributed by atoms with Gasteiger partial charge in [0.15, 0.2) is 5.01 Å². The van der Waals surface area contributed by atoms with Crippen LogP contribution in [-0.4, -0.2) is 78.2 Å². The maximum atomic E-state index is 13.2. The molecule has 1 aromatic heterocycles. The van der Waals surface area contributed by atoms with Crippen molar-refractivity contribution in [3.8, 4) is 0 Å². The van der Waals surface area contributed by atoms with Crippen LogP contribution in [0.15, 0.2) is 24.3 Å². The van der Waals surface area contributed by atoms with Gasteiger partial charge in [0.1, 0.15) is 0 Å². The van der Waals surface area contributed by atoms with Gasteiger partial charge in [0, 0.05) is 61.2 Å². The number of rotatable bonds is 5. The SMILES string of the molecule is CN1CCc2nc(C(=O)N[C@@H]3C[C@@H](C(=O)N(C)C)CC[C@@H]3NC(=O)C(=O)Nc3ccc(Cl)cc3)sc2C1. The number of likely N-dealkylation sites (N-methyl/N-ethyl adjacent to an activating group) is 1. The van der Waals surface area contributed by atoms with Crippen molar-refractivity contribution >= 4 is 52.3 Å². The van der Waals surface area contributed by atoms with Gasteiger partial charge >= 0.3 is 11.8 Å². The second-order valence-electron chi connectivity index (χ2n) is 9.74. The maximum Gasteiger partial charge on any atom is 0.313 e. The van der Waals surface area contributed by atoms with E-state index in [1.54, 1.807) is 38.4 Å². The summed E-state index contributed by atoms with van der Waals surface area (Å²) in [5.41, 5.74) is 1.38. The topological polar surface area (TPSA) is 124 Å². The molecule has 12 heteroatoms. The maximum absolute atomic E-state index is 13.2. The van der Waals surface area contributed by atoms with Gasteiger partial charge in [-0.05, 0) is 50.6 Å². The quantitative estimate of drug-likeness (QED) is 0.492. The van der Waals surface area contributed by atoms with Crippen LogP contribution in [0.2, 0.25) is 5.02 Å². The van der Waals surface area contributed by atoms with Gasteiger partial charge in [-0.15, -0.1) is 11.3 Å². The van der Waals surface area contributed by atoms with Crippen molar-refractivity contribution in [1.29, 1.82) is 0 Å². The highest BCUT2D eigenvalue weighted by Crippen LogP contribution is 2.28. The number of thiazole rings is 1. The Morgan fingerprint density at radius 3 is 2.49 bits per heavy atom. The molecule has 2 aliphatic rings. The molecule has 0 saturated heterocycles. The smallest absolute Gasteiger partial charge is 0.313 e. The number of aromatic nitrogens is 1. The zero-order chi connectivity index (χ0) is 26.7. The number of hydrogen-bond donors (Lipinski definition) is 3. The summed E-state index contributed by atoms with van der Waals surface area (Å²) in [6, 6.07) is 5.36. The molecule has 2 heterocycles. The van der Waals surface area contributed by atoms with E-state index in [1.165, 1.54) is 16.2 Å². The summed E-state index contributed by atoms with van der Waals surface area (Å²) in [7, 11) is 5.42. The van der Waals surface area contributed by atoms with Crippen LogP contribution in [0, 0.1) is 5.92 Å². The molecule has 1 aliphatic heterocycles. The summed E-state index contributed by atoms with van der Waals surface area (Å²) in [6.07, 6.45) is 2.11. The molecular weight excluding hydrogens is 516 g/mol. The average molecular weight is 547 g/mol. The summed E-state index contributed by atoms with van der Waals surface area (Å²) >= 11 is 7.24.